The number of hydrogen-bond acceptors (Lipinski definition) is 3. The molecule has 3 nitrogen and oxygen atoms in total. The van der Waals surface area contributed by atoms with Crippen LogP contribution in [-0.2, 0) is 0 Å². The van der Waals surface area contributed by atoms with Gasteiger partial charge in [-0.2, -0.15) is 5.10 Å². The third kappa shape index (κ3) is 4.15. The quantitative estimate of drug-likeness (QED) is 0.502. The highest BCUT2D eigenvalue weighted by molar-refractivity contribution is 9.11. The van der Waals surface area contributed by atoms with Crippen LogP contribution < -0.4 is 5.43 Å². The summed E-state index contributed by atoms with van der Waals surface area (Å²) >= 11 is 4.94. The molecule has 5 heteroatoms. The molecule has 1 N–H and O–H groups in total. The molecule has 0 aliphatic heterocycles. The Balaban J connectivity index is 1.65. The summed E-state index contributed by atoms with van der Waals surface area (Å²) in [6.45, 7) is 0. The van der Waals surface area contributed by atoms with E-state index in [1.54, 1.807) is 29.7 Å². The van der Waals surface area contributed by atoms with Gasteiger partial charge in [-0.25, -0.2) is 5.43 Å². The lowest BCUT2D eigenvalue weighted by Gasteiger charge is -2.03. The zero-order valence-electron chi connectivity index (χ0n) is 12.1. The predicted octanol–water partition coefficient (Wildman–Crippen LogP) is 4.94. The second-order valence-electron chi connectivity index (χ2n) is 4.78. The van der Waals surface area contributed by atoms with Gasteiger partial charge in [-0.3, -0.25) is 4.79 Å². The van der Waals surface area contributed by atoms with Gasteiger partial charge in [0.05, 0.1) is 10.0 Å². The molecule has 3 aromatic rings. The van der Waals surface area contributed by atoms with E-state index >= 15 is 0 Å². The molecule has 0 spiro atoms. The van der Waals surface area contributed by atoms with E-state index in [4.69, 9.17) is 0 Å². The molecule has 0 bridgehead atoms. The molecule has 0 fully saturated rings. The van der Waals surface area contributed by atoms with Crippen LogP contribution in [0.3, 0.4) is 0 Å². The molecule has 0 atom stereocenters. The summed E-state index contributed by atoms with van der Waals surface area (Å²) in [5, 5.41) is 3.98. The highest BCUT2D eigenvalue weighted by Crippen LogP contribution is 2.20. The minimum absolute atomic E-state index is 0.225. The van der Waals surface area contributed by atoms with Crippen LogP contribution in [0.5, 0.6) is 0 Å². The van der Waals surface area contributed by atoms with Crippen molar-refractivity contribution in [3.8, 4) is 11.1 Å². The number of carbonyl (C=O) groups is 1. The Labute approximate surface area is 146 Å². The van der Waals surface area contributed by atoms with E-state index in [0.29, 0.717) is 5.56 Å². The minimum Gasteiger partial charge on any atom is -0.267 e. The maximum absolute atomic E-state index is 12.1. The summed E-state index contributed by atoms with van der Waals surface area (Å²) in [7, 11) is 0. The van der Waals surface area contributed by atoms with Crippen LogP contribution in [0, 0.1) is 0 Å². The SMILES string of the molecule is O=C(N/N=C/c1ccc(Br)s1)c1ccc(-c2ccccc2)cc1. The Morgan fingerprint density at radius 2 is 1.65 bits per heavy atom. The van der Waals surface area contributed by atoms with Gasteiger partial charge < -0.3 is 0 Å². The van der Waals surface area contributed by atoms with Crippen LogP contribution in [-0.4, -0.2) is 12.1 Å². The van der Waals surface area contributed by atoms with Crippen molar-refractivity contribution < 1.29 is 4.79 Å². The summed E-state index contributed by atoms with van der Waals surface area (Å²) in [4.78, 5) is 13.0. The second-order valence-corrected chi connectivity index (χ2v) is 7.28. The first-order chi connectivity index (χ1) is 11.2. The molecule has 0 aliphatic rings. The predicted molar refractivity (Wildman–Crippen MR) is 99.0 cm³/mol. The third-order valence-corrected chi connectivity index (χ3v) is 4.76. The van der Waals surface area contributed by atoms with Crippen molar-refractivity contribution in [2.45, 2.75) is 0 Å². The van der Waals surface area contributed by atoms with E-state index < -0.39 is 0 Å². The number of hydrogen-bond donors (Lipinski definition) is 1. The average Bonchev–Trinajstić information content (AvgIpc) is 3.01. The summed E-state index contributed by atoms with van der Waals surface area (Å²) in [6.07, 6.45) is 1.63. The Morgan fingerprint density at radius 3 is 2.30 bits per heavy atom. The van der Waals surface area contributed by atoms with Crippen molar-refractivity contribution in [1.29, 1.82) is 0 Å². The molecule has 1 heterocycles. The van der Waals surface area contributed by atoms with Crippen molar-refractivity contribution in [3.05, 3.63) is 81.0 Å². The van der Waals surface area contributed by atoms with Gasteiger partial charge in [0.15, 0.2) is 0 Å². The van der Waals surface area contributed by atoms with Crippen LogP contribution in [0.1, 0.15) is 15.2 Å². The molecule has 0 saturated carbocycles. The summed E-state index contributed by atoms with van der Waals surface area (Å²) in [5.41, 5.74) is 5.32. The van der Waals surface area contributed by atoms with E-state index in [1.165, 1.54) is 0 Å². The molecule has 114 valence electrons. The topological polar surface area (TPSA) is 41.5 Å². The maximum atomic E-state index is 12.1. The van der Waals surface area contributed by atoms with E-state index in [9.17, 15) is 4.79 Å². The number of nitrogens with zero attached hydrogens (tertiary/aromatic N) is 1. The lowest BCUT2D eigenvalue weighted by atomic mass is 10.0. The molecule has 2 aromatic carbocycles. The standard InChI is InChI=1S/C18H13BrN2OS/c19-17-11-10-16(23-17)12-20-21-18(22)15-8-6-14(7-9-15)13-4-2-1-3-5-13/h1-12H,(H,21,22)/b20-12+. The fourth-order valence-corrected chi connectivity index (χ4v) is 3.36. The number of hydrazone groups is 1. The lowest BCUT2D eigenvalue weighted by Crippen LogP contribution is -2.17. The Kier molecular flexibility index (Phi) is 5.00. The first kappa shape index (κ1) is 15.6. The molecule has 3 rings (SSSR count). The van der Waals surface area contributed by atoms with E-state index in [0.717, 1.165) is 19.8 Å². The van der Waals surface area contributed by atoms with Gasteiger partial charge >= 0.3 is 0 Å². The van der Waals surface area contributed by atoms with Crippen molar-refractivity contribution in [2.24, 2.45) is 5.10 Å². The number of amides is 1. The summed E-state index contributed by atoms with van der Waals surface area (Å²) in [5.74, 6) is -0.225. The van der Waals surface area contributed by atoms with Gasteiger partial charge in [-0.15, -0.1) is 11.3 Å². The maximum Gasteiger partial charge on any atom is 0.271 e. The van der Waals surface area contributed by atoms with Crippen LogP contribution in [0.4, 0.5) is 0 Å². The number of benzene rings is 2. The van der Waals surface area contributed by atoms with E-state index in [2.05, 4.69) is 26.5 Å². The fourth-order valence-electron chi connectivity index (χ4n) is 2.06. The normalized spacial score (nSPS) is 10.8. The van der Waals surface area contributed by atoms with Gasteiger partial charge in [0.25, 0.3) is 5.91 Å². The molecule has 0 unspecified atom stereocenters. The highest BCUT2D eigenvalue weighted by atomic mass is 79.9. The molecule has 1 amide bonds. The van der Waals surface area contributed by atoms with Crippen molar-refractivity contribution >= 4 is 39.4 Å². The summed E-state index contributed by atoms with van der Waals surface area (Å²) in [6, 6.07) is 21.4. The molecular formula is C18H13BrN2OS. The zero-order valence-corrected chi connectivity index (χ0v) is 14.5. The van der Waals surface area contributed by atoms with Crippen LogP contribution in [0.25, 0.3) is 11.1 Å². The zero-order chi connectivity index (χ0) is 16.1. The van der Waals surface area contributed by atoms with Crippen molar-refractivity contribution in [1.82, 2.24) is 5.43 Å². The lowest BCUT2D eigenvalue weighted by molar-refractivity contribution is 0.0955. The number of halogens is 1. The first-order valence-corrected chi connectivity index (χ1v) is 8.57. The summed E-state index contributed by atoms with van der Waals surface area (Å²) < 4.78 is 1.03. The molecule has 0 radical (unpaired) electrons. The molecule has 1 aromatic heterocycles. The average molecular weight is 385 g/mol. The molecule has 23 heavy (non-hydrogen) atoms. The Morgan fingerprint density at radius 1 is 0.957 bits per heavy atom. The van der Waals surface area contributed by atoms with Crippen molar-refractivity contribution in [3.63, 3.8) is 0 Å². The fraction of sp³-hybridized carbons (Fsp3) is 0. The molecule has 0 aliphatic carbocycles. The first-order valence-electron chi connectivity index (χ1n) is 6.96. The van der Waals surface area contributed by atoms with Gasteiger partial charge in [0, 0.05) is 10.4 Å². The highest BCUT2D eigenvalue weighted by Gasteiger charge is 2.04. The number of rotatable bonds is 4. The number of nitrogens with one attached hydrogen (secondary N) is 1. The van der Waals surface area contributed by atoms with Gasteiger partial charge in [-0.05, 0) is 51.3 Å². The minimum atomic E-state index is -0.225. The Hall–Kier alpha value is -2.24. The smallest absolute Gasteiger partial charge is 0.267 e. The molecular weight excluding hydrogens is 372 g/mol. The Bertz CT molecular complexity index is 826. The second kappa shape index (κ2) is 7.35. The molecule has 0 saturated heterocycles. The number of carbonyl (C=O) groups excluding carboxylic acids is 1. The van der Waals surface area contributed by atoms with Gasteiger partial charge in [-0.1, -0.05) is 42.5 Å². The largest absolute Gasteiger partial charge is 0.271 e. The van der Waals surface area contributed by atoms with Crippen LogP contribution >= 0.6 is 27.3 Å². The van der Waals surface area contributed by atoms with Gasteiger partial charge in [0.2, 0.25) is 0 Å². The number of thiophene rings is 1. The van der Waals surface area contributed by atoms with E-state index in [-0.39, 0.29) is 5.91 Å². The van der Waals surface area contributed by atoms with Gasteiger partial charge in [0.1, 0.15) is 0 Å². The monoisotopic (exact) mass is 384 g/mol. The van der Waals surface area contributed by atoms with Crippen molar-refractivity contribution in [2.75, 3.05) is 0 Å². The van der Waals surface area contributed by atoms with E-state index in [1.807, 2.05) is 54.6 Å². The van der Waals surface area contributed by atoms with Crippen LogP contribution in [0.15, 0.2) is 75.6 Å². The van der Waals surface area contributed by atoms with Crippen LogP contribution in [0.2, 0.25) is 0 Å². The third-order valence-electron chi connectivity index (χ3n) is 3.21.